The number of anilines is 1. The van der Waals surface area contributed by atoms with Crippen LogP contribution in [-0.4, -0.2) is 61.4 Å². The van der Waals surface area contributed by atoms with Crippen LogP contribution in [0, 0.1) is 6.92 Å². The van der Waals surface area contributed by atoms with Crippen molar-refractivity contribution in [3.8, 4) is 5.75 Å². The fourth-order valence-electron chi connectivity index (χ4n) is 3.69. The molecule has 1 aliphatic rings. The van der Waals surface area contributed by atoms with Crippen LogP contribution in [0.1, 0.15) is 24.0 Å². The second-order valence-electron chi connectivity index (χ2n) is 7.89. The lowest BCUT2D eigenvalue weighted by Crippen LogP contribution is -2.38. The van der Waals surface area contributed by atoms with Crippen LogP contribution in [-0.2, 0) is 16.0 Å². The molecule has 2 aromatic carbocycles. The Morgan fingerprint density at radius 3 is 2.55 bits per heavy atom. The minimum atomic E-state index is -0.0926. The first kappa shape index (κ1) is 23.1. The van der Waals surface area contributed by atoms with Crippen molar-refractivity contribution in [2.24, 2.45) is 0 Å². The lowest BCUT2D eigenvalue weighted by Gasteiger charge is -2.22. The third kappa shape index (κ3) is 6.97. The normalized spacial score (nSPS) is 14.7. The van der Waals surface area contributed by atoms with Gasteiger partial charge < -0.3 is 15.0 Å². The maximum absolute atomic E-state index is 12.7. The van der Waals surface area contributed by atoms with E-state index in [1.165, 1.54) is 0 Å². The number of amides is 2. The smallest absolute Gasteiger partial charge is 0.238 e. The van der Waals surface area contributed by atoms with Gasteiger partial charge in [0.15, 0.2) is 0 Å². The number of halogens is 1. The zero-order chi connectivity index (χ0) is 22.2. The van der Waals surface area contributed by atoms with Crippen molar-refractivity contribution in [2.45, 2.75) is 26.2 Å². The van der Waals surface area contributed by atoms with E-state index in [0.29, 0.717) is 36.6 Å². The molecule has 0 spiro atoms. The van der Waals surface area contributed by atoms with Crippen molar-refractivity contribution >= 4 is 29.1 Å². The van der Waals surface area contributed by atoms with Gasteiger partial charge in [0.05, 0.1) is 24.4 Å². The second kappa shape index (κ2) is 11.2. The molecule has 0 saturated carbocycles. The third-order valence-corrected chi connectivity index (χ3v) is 5.81. The summed E-state index contributed by atoms with van der Waals surface area (Å²) in [6.45, 7) is 5.08. The van der Waals surface area contributed by atoms with Crippen LogP contribution in [0.2, 0.25) is 5.02 Å². The summed E-state index contributed by atoms with van der Waals surface area (Å²) < 4.78 is 5.17. The highest BCUT2D eigenvalue weighted by Gasteiger charge is 2.20. The quantitative estimate of drug-likeness (QED) is 0.707. The number of aryl methyl sites for hydroxylation is 2. The van der Waals surface area contributed by atoms with Gasteiger partial charge in [-0.15, -0.1) is 0 Å². The van der Waals surface area contributed by atoms with Crippen LogP contribution in [0.3, 0.4) is 0 Å². The number of carbonyl (C=O) groups is 2. The standard InChI is InChI=1S/C24H30ClN3O3/c1-18-4-10-22(21(25)16-18)26-23(29)17-27-12-3-13-28(15-14-27)24(30)11-7-19-5-8-20(31-2)9-6-19/h4-6,8-10,16H,3,7,11-15,17H2,1-2H3,(H,26,29). The first-order chi connectivity index (χ1) is 14.9. The molecule has 31 heavy (non-hydrogen) atoms. The van der Waals surface area contributed by atoms with Gasteiger partial charge in [0.2, 0.25) is 11.8 Å². The molecule has 0 atom stereocenters. The van der Waals surface area contributed by atoms with Crippen molar-refractivity contribution in [2.75, 3.05) is 45.2 Å². The lowest BCUT2D eigenvalue weighted by molar-refractivity contribution is -0.131. The van der Waals surface area contributed by atoms with Crippen LogP contribution in [0.25, 0.3) is 0 Å². The van der Waals surface area contributed by atoms with E-state index in [-0.39, 0.29) is 18.4 Å². The van der Waals surface area contributed by atoms with E-state index >= 15 is 0 Å². The van der Waals surface area contributed by atoms with Gasteiger partial charge in [-0.3, -0.25) is 14.5 Å². The summed E-state index contributed by atoms with van der Waals surface area (Å²) in [7, 11) is 1.64. The summed E-state index contributed by atoms with van der Waals surface area (Å²) in [5.74, 6) is 0.884. The van der Waals surface area contributed by atoms with E-state index in [4.69, 9.17) is 16.3 Å². The SMILES string of the molecule is COc1ccc(CCC(=O)N2CCCN(CC(=O)Nc3ccc(C)cc3Cl)CC2)cc1. The highest BCUT2D eigenvalue weighted by molar-refractivity contribution is 6.33. The predicted octanol–water partition coefficient (Wildman–Crippen LogP) is 3.76. The summed E-state index contributed by atoms with van der Waals surface area (Å²) in [6, 6.07) is 13.4. The number of rotatable bonds is 7. The first-order valence-electron chi connectivity index (χ1n) is 10.6. The van der Waals surface area contributed by atoms with Gasteiger partial charge in [0, 0.05) is 32.6 Å². The number of benzene rings is 2. The van der Waals surface area contributed by atoms with Crippen LogP contribution >= 0.6 is 11.6 Å². The number of carbonyl (C=O) groups excluding carboxylic acids is 2. The Balaban J connectivity index is 1.44. The van der Waals surface area contributed by atoms with Crippen LogP contribution in [0.15, 0.2) is 42.5 Å². The van der Waals surface area contributed by atoms with Gasteiger partial charge in [0.1, 0.15) is 5.75 Å². The Morgan fingerprint density at radius 1 is 1.06 bits per heavy atom. The molecule has 6 nitrogen and oxygen atoms in total. The molecule has 2 amide bonds. The summed E-state index contributed by atoms with van der Waals surface area (Å²) in [5, 5.41) is 3.42. The Morgan fingerprint density at radius 2 is 1.84 bits per heavy atom. The third-order valence-electron chi connectivity index (χ3n) is 5.49. The molecule has 1 N–H and O–H groups in total. The molecular weight excluding hydrogens is 414 g/mol. The molecular formula is C24H30ClN3O3. The largest absolute Gasteiger partial charge is 0.497 e. The molecule has 3 rings (SSSR count). The first-order valence-corrected chi connectivity index (χ1v) is 11.0. The number of nitrogens with zero attached hydrogens (tertiary/aromatic N) is 2. The maximum Gasteiger partial charge on any atom is 0.238 e. The summed E-state index contributed by atoms with van der Waals surface area (Å²) >= 11 is 6.21. The molecule has 166 valence electrons. The van der Waals surface area contributed by atoms with E-state index in [1.54, 1.807) is 7.11 Å². The monoisotopic (exact) mass is 443 g/mol. The number of hydrogen-bond donors (Lipinski definition) is 1. The highest BCUT2D eigenvalue weighted by atomic mass is 35.5. The number of ether oxygens (including phenoxy) is 1. The van der Waals surface area contributed by atoms with E-state index < -0.39 is 0 Å². The van der Waals surface area contributed by atoms with Crippen molar-refractivity contribution in [3.63, 3.8) is 0 Å². The molecule has 1 saturated heterocycles. The van der Waals surface area contributed by atoms with Gasteiger partial charge in [-0.05, 0) is 55.2 Å². The van der Waals surface area contributed by atoms with Gasteiger partial charge in [-0.2, -0.15) is 0 Å². The molecule has 0 aliphatic carbocycles. The van der Waals surface area contributed by atoms with Crippen molar-refractivity contribution in [1.82, 2.24) is 9.80 Å². The van der Waals surface area contributed by atoms with E-state index in [1.807, 2.05) is 54.3 Å². The average Bonchev–Trinajstić information content (AvgIpc) is 3.00. The van der Waals surface area contributed by atoms with Gasteiger partial charge in [-0.1, -0.05) is 29.8 Å². The Labute approximate surface area is 189 Å². The summed E-state index contributed by atoms with van der Waals surface area (Å²) in [4.78, 5) is 29.1. The second-order valence-corrected chi connectivity index (χ2v) is 8.30. The van der Waals surface area contributed by atoms with Crippen LogP contribution in [0.4, 0.5) is 5.69 Å². The molecule has 0 radical (unpaired) electrons. The van der Waals surface area contributed by atoms with Gasteiger partial charge >= 0.3 is 0 Å². The Bertz CT molecular complexity index is 901. The van der Waals surface area contributed by atoms with Gasteiger partial charge in [0.25, 0.3) is 0 Å². The van der Waals surface area contributed by atoms with Crippen molar-refractivity contribution < 1.29 is 14.3 Å². The lowest BCUT2D eigenvalue weighted by atomic mass is 10.1. The zero-order valence-corrected chi connectivity index (χ0v) is 19.0. The van der Waals surface area contributed by atoms with Crippen molar-refractivity contribution in [3.05, 3.63) is 58.6 Å². The molecule has 7 heteroatoms. The average molecular weight is 444 g/mol. The zero-order valence-electron chi connectivity index (χ0n) is 18.2. The fraction of sp³-hybridized carbons (Fsp3) is 0.417. The topological polar surface area (TPSA) is 61.9 Å². The molecule has 0 bridgehead atoms. The van der Waals surface area contributed by atoms with Crippen LogP contribution in [0.5, 0.6) is 5.75 Å². The van der Waals surface area contributed by atoms with E-state index in [9.17, 15) is 9.59 Å². The minimum absolute atomic E-state index is 0.0926. The Hall–Kier alpha value is -2.57. The van der Waals surface area contributed by atoms with Gasteiger partial charge in [-0.25, -0.2) is 0 Å². The molecule has 1 aliphatic heterocycles. The summed E-state index contributed by atoms with van der Waals surface area (Å²) in [6.07, 6.45) is 2.05. The maximum atomic E-state index is 12.7. The summed E-state index contributed by atoms with van der Waals surface area (Å²) in [5.41, 5.74) is 2.80. The molecule has 0 aromatic heterocycles. The van der Waals surface area contributed by atoms with E-state index in [2.05, 4.69) is 10.2 Å². The molecule has 2 aromatic rings. The van der Waals surface area contributed by atoms with Crippen molar-refractivity contribution in [1.29, 1.82) is 0 Å². The van der Waals surface area contributed by atoms with Crippen LogP contribution < -0.4 is 10.1 Å². The number of methoxy groups -OCH3 is 1. The molecule has 1 fully saturated rings. The van der Waals surface area contributed by atoms with E-state index in [0.717, 1.165) is 36.4 Å². The predicted molar refractivity (Wildman–Crippen MR) is 124 cm³/mol. The fourth-order valence-corrected chi connectivity index (χ4v) is 3.98. The number of nitrogens with one attached hydrogen (secondary N) is 1. The molecule has 1 heterocycles. The Kier molecular flexibility index (Phi) is 8.32. The minimum Gasteiger partial charge on any atom is -0.497 e. The highest BCUT2D eigenvalue weighted by Crippen LogP contribution is 2.22. The molecule has 0 unspecified atom stereocenters. The number of hydrogen-bond acceptors (Lipinski definition) is 4.